The number of esters is 2. The zero-order valence-corrected chi connectivity index (χ0v) is 19.2. The number of rotatable bonds is 7. The van der Waals surface area contributed by atoms with Crippen molar-refractivity contribution in [3.63, 3.8) is 0 Å². The number of nitriles is 1. The van der Waals surface area contributed by atoms with E-state index in [1.807, 2.05) is 97.1 Å². The van der Waals surface area contributed by atoms with Gasteiger partial charge in [0.05, 0.1) is 6.07 Å². The van der Waals surface area contributed by atoms with Gasteiger partial charge in [-0.2, -0.15) is 18.4 Å². The van der Waals surface area contributed by atoms with Crippen molar-refractivity contribution in [1.82, 2.24) is 0 Å². The van der Waals surface area contributed by atoms with E-state index in [1.165, 1.54) is 0 Å². The number of nitrogens with zero attached hydrogens (tertiary/aromatic N) is 1. The first-order valence-corrected chi connectivity index (χ1v) is 12.4. The summed E-state index contributed by atoms with van der Waals surface area (Å²) in [6.45, 7) is 1.78. The molecule has 2 atom stereocenters. The highest BCUT2D eigenvalue weighted by molar-refractivity contribution is 7.96. The van der Waals surface area contributed by atoms with Gasteiger partial charge in [-0.3, -0.25) is 0 Å². The minimum Gasteiger partial charge on any atom is -0.385 e. The molecular formula is C26H22F3NO3P+. The molecule has 2 unspecified atom stereocenters. The second-order valence-electron chi connectivity index (χ2n) is 7.52. The number of halogens is 3. The minimum atomic E-state index is -5.35. The fraction of sp³-hybridized carbons (Fsp3) is 0.192. The summed E-state index contributed by atoms with van der Waals surface area (Å²) in [7, 11) is -2.79. The predicted octanol–water partition coefficient (Wildman–Crippen LogP) is 4.53. The molecule has 174 valence electrons. The summed E-state index contributed by atoms with van der Waals surface area (Å²) in [5.74, 6) is -5.73. The second kappa shape index (κ2) is 10.6. The summed E-state index contributed by atoms with van der Waals surface area (Å²) in [4.78, 5) is 24.2. The molecule has 3 aromatic rings. The van der Waals surface area contributed by atoms with Crippen LogP contribution in [-0.4, -0.2) is 23.8 Å². The van der Waals surface area contributed by atoms with Crippen LogP contribution in [0.5, 0.6) is 0 Å². The maximum absolute atomic E-state index is 12.8. The van der Waals surface area contributed by atoms with Crippen molar-refractivity contribution < 1.29 is 27.5 Å². The molecule has 0 saturated carbocycles. The average Bonchev–Trinajstić information content (AvgIpc) is 2.85. The topological polar surface area (TPSA) is 67.2 Å². The third-order valence-electron chi connectivity index (χ3n) is 5.61. The molecule has 0 spiro atoms. The number of benzene rings is 3. The highest BCUT2D eigenvalue weighted by Crippen LogP contribution is 2.62. The molecule has 3 rings (SSSR count). The van der Waals surface area contributed by atoms with Gasteiger partial charge in [0.15, 0.2) is 5.92 Å². The fourth-order valence-electron chi connectivity index (χ4n) is 4.25. The molecule has 0 saturated heterocycles. The van der Waals surface area contributed by atoms with E-state index >= 15 is 0 Å². The minimum absolute atomic E-state index is 0.278. The lowest BCUT2D eigenvalue weighted by Crippen LogP contribution is -2.44. The lowest BCUT2D eigenvalue weighted by molar-refractivity contribution is -0.202. The van der Waals surface area contributed by atoms with Crippen molar-refractivity contribution in [2.24, 2.45) is 5.92 Å². The molecule has 34 heavy (non-hydrogen) atoms. The molecule has 0 N–H and O–H groups in total. The number of carbonyl (C=O) groups is 2. The van der Waals surface area contributed by atoms with E-state index in [-0.39, 0.29) is 6.42 Å². The van der Waals surface area contributed by atoms with Gasteiger partial charge in [0.1, 0.15) is 28.8 Å². The van der Waals surface area contributed by atoms with E-state index in [2.05, 4.69) is 4.74 Å². The molecular weight excluding hydrogens is 462 g/mol. The van der Waals surface area contributed by atoms with Gasteiger partial charge in [0, 0.05) is 0 Å². The highest BCUT2D eigenvalue weighted by Gasteiger charge is 2.57. The predicted molar refractivity (Wildman–Crippen MR) is 125 cm³/mol. The van der Waals surface area contributed by atoms with Crippen LogP contribution in [0.4, 0.5) is 13.2 Å². The first-order valence-electron chi connectivity index (χ1n) is 10.5. The molecule has 4 nitrogen and oxygen atoms in total. The van der Waals surface area contributed by atoms with Gasteiger partial charge in [-0.25, -0.2) is 9.59 Å². The Morgan fingerprint density at radius 2 is 1.24 bits per heavy atom. The van der Waals surface area contributed by atoms with Crippen molar-refractivity contribution in [2.45, 2.75) is 25.2 Å². The van der Waals surface area contributed by atoms with Gasteiger partial charge in [-0.1, -0.05) is 61.5 Å². The fourth-order valence-corrected chi connectivity index (χ4v) is 9.41. The molecule has 0 aliphatic carbocycles. The van der Waals surface area contributed by atoms with Gasteiger partial charge in [0.25, 0.3) is 0 Å². The molecule has 0 radical (unpaired) electrons. The van der Waals surface area contributed by atoms with Crippen LogP contribution in [0.25, 0.3) is 0 Å². The van der Waals surface area contributed by atoms with Gasteiger partial charge in [-0.15, -0.1) is 0 Å². The first-order chi connectivity index (χ1) is 16.3. The van der Waals surface area contributed by atoms with Crippen LogP contribution in [0.2, 0.25) is 0 Å². The van der Waals surface area contributed by atoms with Crippen LogP contribution in [0.1, 0.15) is 13.3 Å². The van der Waals surface area contributed by atoms with E-state index in [0.717, 1.165) is 15.9 Å². The number of hydrogen-bond donors (Lipinski definition) is 0. The Morgan fingerprint density at radius 1 is 0.853 bits per heavy atom. The van der Waals surface area contributed by atoms with Gasteiger partial charge in [-0.05, 0) is 42.8 Å². The van der Waals surface area contributed by atoms with Crippen LogP contribution < -0.4 is 15.9 Å². The van der Waals surface area contributed by atoms with Crippen molar-refractivity contribution >= 4 is 35.1 Å². The number of alkyl halides is 3. The number of hydrogen-bond acceptors (Lipinski definition) is 4. The van der Waals surface area contributed by atoms with Gasteiger partial charge >= 0.3 is 18.1 Å². The van der Waals surface area contributed by atoms with Crippen LogP contribution in [0.15, 0.2) is 91.0 Å². The van der Waals surface area contributed by atoms with Gasteiger partial charge in [0.2, 0.25) is 0 Å². The summed E-state index contributed by atoms with van der Waals surface area (Å²) in [5.41, 5.74) is -0.752. The molecule has 3 aromatic carbocycles. The standard InChI is InChI=1S/C26H22F3NO3P/c1-2-23(22(18-30)24(31)33-25(32)26(27,28)29)34(19-12-6-3-7-13-19,20-14-8-4-9-15-20)21-16-10-5-11-17-21/h3-17,22-23H,2H2,1H3/q+1. The zero-order valence-electron chi connectivity index (χ0n) is 18.3. The van der Waals surface area contributed by atoms with Crippen molar-refractivity contribution in [1.29, 1.82) is 5.26 Å². The lowest BCUT2D eigenvalue weighted by atomic mass is 10.1. The molecule has 0 heterocycles. The van der Waals surface area contributed by atoms with Crippen LogP contribution in [-0.2, 0) is 14.3 Å². The summed E-state index contributed by atoms with van der Waals surface area (Å²) >= 11 is 0. The van der Waals surface area contributed by atoms with Gasteiger partial charge < -0.3 is 4.74 Å². The molecule has 0 aromatic heterocycles. The SMILES string of the molecule is CCC(C(C#N)C(=O)OC(=O)C(F)(F)F)[P+](c1ccccc1)(c1ccccc1)c1ccccc1. The quantitative estimate of drug-likeness (QED) is 0.281. The lowest BCUT2D eigenvalue weighted by Gasteiger charge is -2.35. The van der Waals surface area contributed by atoms with Crippen LogP contribution in [0.3, 0.4) is 0 Å². The van der Waals surface area contributed by atoms with E-state index in [0.29, 0.717) is 0 Å². The zero-order chi connectivity index (χ0) is 24.8. The van der Waals surface area contributed by atoms with Crippen molar-refractivity contribution in [3.05, 3.63) is 91.0 Å². The summed E-state index contributed by atoms with van der Waals surface area (Å²) in [6.07, 6.45) is -5.07. The normalized spacial score (nSPS) is 13.4. The Morgan fingerprint density at radius 3 is 1.53 bits per heavy atom. The first kappa shape index (κ1) is 25.1. The third kappa shape index (κ3) is 4.88. The molecule has 0 amide bonds. The summed E-state index contributed by atoms with van der Waals surface area (Å²) in [5, 5.41) is 12.6. The Kier molecular flexibility index (Phi) is 7.86. The Hall–Kier alpha value is -3.49. The summed E-state index contributed by atoms with van der Waals surface area (Å²) in [6, 6.07) is 29.8. The largest absolute Gasteiger partial charge is 0.491 e. The third-order valence-corrected chi connectivity index (χ3v) is 10.6. The molecule has 0 aliphatic rings. The number of ether oxygens (including phenoxy) is 1. The molecule has 0 bridgehead atoms. The Labute approximate surface area is 196 Å². The molecule has 0 fully saturated rings. The summed E-state index contributed by atoms with van der Waals surface area (Å²) < 4.78 is 42.5. The van der Waals surface area contributed by atoms with Crippen LogP contribution in [0, 0.1) is 17.2 Å². The van der Waals surface area contributed by atoms with E-state index < -0.39 is 37.0 Å². The molecule has 8 heteroatoms. The molecule has 0 aliphatic heterocycles. The highest BCUT2D eigenvalue weighted by atomic mass is 31.2. The maximum atomic E-state index is 12.8. The monoisotopic (exact) mass is 484 g/mol. The van der Waals surface area contributed by atoms with E-state index in [4.69, 9.17) is 0 Å². The second-order valence-corrected chi connectivity index (χ2v) is 11.2. The smallest absolute Gasteiger partial charge is 0.385 e. The number of carbonyl (C=O) groups excluding carboxylic acids is 2. The maximum Gasteiger partial charge on any atom is 0.491 e. The van der Waals surface area contributed by atoms with E-state index in [1.54, 1.807) is 6.92 Å². The van der Waals surface area contributed by atoms with Crippen molar-refractivity contribution in [2.75, 3.05) is 0 Å². The Balaban J connectivity index is 2.29. The van der Waals surface area contributed by atoms with Crippen molar-refractivity contribution in [3.8, 4) is 6.07 Å². The van der Waals surface area contributed by atoms with E-state index in [9.17, 15) is 28.0 Å². The average molecular weight is 484 g/mol. The van der Waals surface area contributed by atoms with Crippen LogP contribution >= 0.6 is 7.26 Å². The Bertz CT molecular complexity index is 1070.